The molecule has 1 aromatic carbocycles. The average Bonchev–Trinajstić information content (AvgIpc) is 2.89. The fourth-order valence-electron chi connectivity index (χ4n) is 3.55. The molecule has 1 atom stereocenters. The van der Waals surface area contributed by atoms with Crippen LogP contribution in [0, 0.1) is 6.92 Å². The molecule has 2 rings (SSSR count). The van der Waals surface area contributed by atoms with Crippen molar-refractivity contribution >= 4 is 10.0 Å². The van der Waals surface area contributed by atoms with Crippen LogP contribution in [0.4, 0.5) is 0 Å². The quantitative estimate of drug-likeness (QED) is 0.446. The van der Waals surface area contributed by atoms with E-state index in [2.05, 4.69) is 20.4 Å². The van der Waals surface area contributed by atoms with Crippen LogP contribution in [0.5, 0.6) is 0 Å². The van der Waals surface area contributed by atoms with Crippen molar-refractivity contribution < 1.29 is 8.42 Å². The van der Waals surface area contributed by atoms with Crippen molar-refractivity contribution in [2.45, 2.75) is 70.2 Å². The highest BCUT2D eigenvalue weighted by molar-refractivity contribution is 7.89. The number of hydrogen-bond donors (Lipinski definition) is 0. The average molecular weight is 362 g/mol. The monoisotopic (exact) mass is 361 g/mol. The summed E-state index contributed by atoms with van der Waals surface area (Å²) >= 11 is 0. The van der Waals surface area contributed by atoms with Crippen molar-refractivity contribution in [2.24, 2.45) is 0 Å². The van der Waals surface area contributed by atoms with Crippen molar-refractivity contribution in [3.05, 3.63) is 53.6 Å². The molecule has 0 bridgehead atoms. The number of hydrogen-bond acceptors (Lipinski definition) is 2. The molecule has 0 spiro atoms. The van der Waals surface area contributed by atoms with Crippen LogP contribution in [0.25, 0.3) is 0 Å². The summed E-state index contributed by atoms with van der Waals surface area (Å²) in [4.78, 5) is 0.393. The Bertz CT molecular complexity index is 717. The van der Waals surface area contributed by atoms with Crippen LogP contribution in [-0.4, -0.2) is 25.3 Å². The fraction of sp³-hybridized carbons (Fsp3) is 0.524. The number of sulfonamides is 1. The van der Waals surface area contributed by atoms with Crippen LogP contribution in [0.3, 0.4) is 0 Å². The molecule has 138 valence electrons. The van der Waals surface area contributed by atoms with Gasteiger partial charge in [-0.3, -0.25) is 0 Å². The molecule has 0 aliphatic carbocycles. The molecular weight excluding hydrogens is 330 g/mol. The third-order valence-corrected chi connectivity index (χ3v) is 6.88. The minimum atomic E-state index is -3.47. The third kappa shape index (κ3) is 4.62. The van der Waals surface area contributed by atoms with E-state index in [1.807, 2.05) is 25.1 Å². The zero-order valence-corrected chi connectivity index (χ0v) is 16.6. The maximum Gasteiger partial charge on any atom is 0.243 e. The van der Waals surface area contributed by atoms with E-state index in [1.165, 1.54) is 24.0 Å². The first-order valence-corrected chi connectivity index (χ1v) is 10.7. The van der Waals surface area contributed by atoms with Gasteiger partial charge in [-0.15, -0.1) is 6.58 Å². The molecule has 1 aromatic rings. The van der Waals surface area contributed by atoms with Crippen molar-refractivity contribution in [2.75, 3.05) is 6.54 Å². The first-order valence-electron chi connectivity index (χ1n) is 9.29. The summed E-state index contributed by atoms with van der Waals surface area (Å²) in [6, 6.07) is 7.15. The van der Waals surface area contributed by atoms with Gasteiger partial charge in [0.25, 0.3) is 0 Å². The minimum absolute atomic E-state index is 0.0267. The smallest absolute Gasteiger partial charge is 0.207 e. The van der Waals surface area contributed by atoms with Gasteiger partial charge in [-0.1, -0.05) is 62.0 Å². The second kappa shape index (κ2) is 8.81. The number of benzene rings is 1. The Balaban J connectivity index is 2.27. The standard InChI is InChI=1S/C21H31NO2S/c1-5-7-8-9-11-21-20(10-6-2)18(4)16-22(21)25(23,24)19-14-12-17(3)13-15-19/h6,12-15,21H,2,5,7-11,16H2,1,3-4H3. The summed E-state index contributed by atoms with van der Waals surface area (Å²) in [7, 11) is -3.47. The first-order chi connectivity index (χ1) is 11.9. The Kier molecular flexibility index (Phi) is 7.03. The molecule has 3 nitrogen and oxygen atoms in total. The SMILES string of the molecule is C=CCC1=C(C)CN(S(=O)(=O)c2ccc(C)cc2)C1CCCCCC. The molecule has 0 aromatic heterocycles. The molecule has 1 aliphatic rings. The Morgan fingerprint density at radius 1 is 1.16 bits per heavy atom. The number of nitrogens with zero attached hydrogens (tertiary/aromatic N) is 1. The molecule has 25 heavy (non-hydrogen) atoms. The predicted octanol–water partition coefficient (Wildman–Crippen LogP) is 5.23. The molecule has 0 fully saturated rings. The zero-order valence-electron chi connectivity index (χ0n) is 15.8. The summed E-state index contributed by atoms with van der Waals surface area (Å²) in [6.07, 6.45) is 8.16. The molecule has 0 saturated carbocycles. The van der Waals surface area contributed by atoms with Gasteiger partial charge in [0.15, 0.2) is 0 Å². The summed E-state index contributed by atoms with van der Waals surface area (Å²) in [5, 5.41) is 0. The van der Waals surface area contributed by atoms with E-state index in [0.717, 1.165) is 31.2 Å². The number of rotatable bonds is 9. The van der Waals surface area contributed by atoms with Gasteiger partial charge in [-0.25, -0.2) is 8.42 Å². The van der Waals surface area contributed by atoms with Crippen LogP contribution in [-0.2, 0) is 10.0 Å². The minimum Gasteiger partial charge on any atom is -0.207 e. The van der Waals surface area contributed by atoms with Gasteiger partial charge in [-0.05, 0) is 44.4 Å². The molecule has 0 saturated heterocycles. The first kappa shape index (κ1) is 19.9. The highest BCUT2D eigenvalue weighted by Crippen LogP contribution is 2.35. The van der Waals surface area contributed by atoms with Gasteiger partial charge >= 0.3 is 0 Å². The lowest BCUT2D eigenvalue weighted by Crippen LogP contribution is -2.37. The number of aryl methyl sites for hydroxylation is 1. The lowest BCUT2D eigenvalue weighted by Gasteiger charge is -2.26. The molecule has 1 unspecified atom stereocenters. The van der Waals surface area contributed by atoms with Crippen molar-refractivity contribution in [1.82, 2.24) is 4.31 Å². The van der Waals surface area contributed by atoms with Gasteiger partial charge < -0.3 is 0 Å². The molecule has 0 amide bonds. The summed E-state index contributed by atoms with van der Waals surface area (Å²) in [5.41, 5.74) is 3.48. The van der Waals surface area contributed by atoms with Crippen LogP contribution in [0.15, 0.2) is 53.0 Å². The Morgan fingerprint density at radius 2 is 1.84 bits per heavy atom. The maximum atomic E-state index is 13.2. The van der Waals surface area contributed by atoms with E-state index in [4.69, 9.17) is 0 Å². The van der Waals surface area contributed by atoms with E-state index < -0.39 is 10.0 Å². The van der Waals surface area contributed by atoms with E-state index >= 15 is 0 Å². The number of allylic oxidation sites excluding steroid dienone is 1. The van der Waals surface area contributed by atoms with Crippen molar-refractivity contribution in [1.29, 1.82) is 0 Å². The second-order valence-electron chi connectivity index (χ2n) is 7.03. The van der Waals surface area contributed by atoms with Crippen LogP contribution >= 0.6 is 0 Å². The van der Waals surface area contributed by atoms with Crippen LogP contribution < -0.4 is 0 Å². The highest BCUT2D eigenvalue weighted by Gasteiger charge is 2.38. The van der Waals surface area contributed by atoms with Gasteiger partial charge in [-0.2, -0.15) is 4.31 Å². The van der Waals surface area contributed by atoms with Gasteiger partial charge in [0, 0.05) is 12.6 Å². The summed E-state index contributed by atoms with van der Waals surface area (Å²) in [6.45, 7) is 10.6. The Morgan fingerprint density at radius 3 is 2.44 bits per heavy atom. The normalized spacial score (nSPS) is 18.8. The van der Waals surface area contributed by atoms with E-state index in [9.17, 15) is 8.42 Å². The second-order valence-corrected chi connectivity index (χ2v) is 8.92. The van der Waals surface area contributed by atoms with Crippen LogP contribution in [0.1, 0.15) is 57.9 Å². The third-order valence-electron chi connectivity index (χ3n) is 5.01. The molecule has 4 heteroatoms. The lowest BCUT2D eigenvalue weighted by molar-refractivity contribution is 0.371. The van der Waals surface area contributed by atoms with E-state index in [0.29, 0.717) is 11.4 Å². The van der Waals surface area contributed by atoms with Gasteiger partial charge in [0.1, 0.15) is 0 Å². The maximum absolute atomic E-state index is 13.2. The largest absolute Gasteiger partial charge is 0.243 e. The van der Waals surface area contributed by atoms with Crippen molar-refractivity contribution in [3.8, 4) is 0 Å². The van der Waals surface area contributed by atoms with Crippen molar-refractivity contribution in [3.63, 3.8) is 0 Å². The van der Waals surface area contributed by atoms with E-state index in [1.54, 1.807) is 16.4 Å². The molecule has 0 radical (unpaired) electrons. The summed E-state index contributed by atoms with van der Waals surface area (Å²) < 4.78 is 28.1. The predicted molar refractivity (Wildman–Crippen MR) is 105 cm³/mol. The van der Waals surface area contributed by atoms with E-state index in [-0.39, 0.29) is 6.04 Å². The van der Waals surface area contributed by atoms with Gasteiger partial charge in [0.2, 0.25) is 10.0 Å². The summed E-state index contributed by atoms with van der Waals surface area (Å²) in [5.74, 6) is 0. The fourth-order valence-corrected chi connectivity index (χ4v) is 5.23. The highest BCUT2D eigenvalue weighted by atomic mass is 32.2. The molecule has 1 heterocycles. The molecule has 0 N–H and O–H groups in total. The van der Waals surface area contributed by atoms with Gasteiger partial charge in [0.05, 0.1) is 4.90 Å². The lowest BCUT2D eigenvalue weighted by atomic mass is 9.97. The number of unbranched alkanes of at least 4 members (excludes halogenated alkanes) is 3. The van der Waals surface area contributed by atoms with Crippen LogP contribution in [0.2, 0.25) is 0 Å². The topological polar surface area (TPSA) is 37.4 Å². The Hall–Kier alpha value is -1.39. The zero-order chi connectivity index (χ0) is 18.4. The Labute approximate surface area is 153 Å². The molecular formula is C21H31NO2S. The molecule has 1 aliphatic heterocycles.